The average molecular weight is 287 g/mol. The minimum atomic E-state index is -1.45. The van der Waals surface area contributed by atoms with Crippen LogP contribution >= 0.6 is 0 Å². The Bertz CT molecular complexity index is 274. The monoisotopic (exact) mass is 287 g/mol. The molecule has 0 rings (SSSR count). The largest absolute Gasteiger partial charge is 0.480 e. The van der Waals surface area contributed by atoms with Crippen molar-refractivity contribution in [3.63, 3.8) is 0 Å². The molecule has 0 saturated carbocycles. The molecule has 19 heavy (non-hydrogen) atoms. The van der Waals surface area contributed by atoms with E-state index >= 15 is 0 Å². The number of hydrogen-bond acceptors (Lipinski definition) is 3. The van der Waals surface area contributed by atoms with E-state index in [1.54, 1.807) is 6.08 Å². The third kappa shape index (κ3) is 12.1. The fraction of sp³-hybridized carbons (Fsp3) is 0.786. The van der Waals surface area contributed by atoms with Gasteiger partial charge in [-0.05, 0) is 39.0 Å². The Morgan fingerprint density at radius 3 is 2.58 bits per heavy atom. The molecule has 0 aliphatic heterocycles. The van der Waals surface area contributed by atoms with Crippen LogP contribution in [0.4, 0.5) is 0 Å². The van der Waals surface area contributed by atoms with E-state index in [1.165, 1.54) is 0 Å². The molecule has 0 aromatic rings. The summed E-state index contributed by atoms with van der Waals surface area (Å²) in [6, 6.07) is -0.580. The second kappa shape index (κ2) is 10.2. The van der Waals surface area contributed by atoms with Crippen LogP contribution in [-0.4, -0.2) is 38.6 Å². The maximum atomic E-state index is 11.0. The second-order valence-electron chi connectivity index (χ2n) is 5.65. The first-order chi connectivity index (χ1) is 8.87. The van der Waals surface area contributed by atoms with Gasteiger partial charge in [-0.2, -0.15) is 0 Å². The Balaban J connectivity index is 3.89. The van der Waals surface area contributed by atoms with E-state index in [-0.39, 0.29) is 0 Å². The van der Waals surface area contributed by atoms with E-state index < -0.39 is 20.3 Å². The quantitative estimate of drug-likeness (QED) is 0.348. The normalized spacial score (nSPS) is 13.9. The number of hydrogen-bond donors (Lipinski definition) is 2. The zero-order chi connectivity index (χ0) is 14.7. The molecule has 1 atom stereocenters. The lowest BCUT2D eigenvalue weighted by atomic mass is 10.2. The van der Waals surface area contributed by atoms with E-state index in [2.05, 4.69) is 31.9 Å². The van der Waals surface area contributed by atoms with Gasteiger partial charge in [0.25, 0.3) is 0 Å². The van der Waals surface area contributed by atoms with Crippen LogP contribution in [0.3, 0.4) is 0 Å². The molecule has 2 N–H and O–H groups in total. The van der Waals surface area contributed by atoms with Crippen molar-refractivity contribution in [2.45, 2.75) is 58.3 Å². The molecular weight excluding hydrogens is 258 g/mol. The molecular formula is C14H29NO3Si. The first kappa shape index (κ1) is 18.3. The number of aliphatic carboxylic acids is 1. The second-order valence-corrected chi connectivity index (χ2v) is 10.2. The van der Waals surface area contributed by atoms with Gasteiger partial charge in [0.15, 0.2) is 8.32 Å². The molecule has 112 valence electrons. The van der Waals surface area contributed by atoms with Crippen LogP contribution in [0.1, 0.15) is 32.6 Å². The molecule has 0 fully saturated rings. The third-order valence-electron chi connectivity index (χ3n) is 2.56. The lowest BCUT2D eigenvalue weighted by molar-refractivity contribution is -0.138. The SMILES string of the molecule is CCCCCNC(/C=C/CCO[Si](C)(C)C)C(=O)O. The summed E-state index contributed by atoms with van der Waals surface area (Å²) in [5, 5.41) is 12.1. The van der Waals surface area contributed by atoms with Crippen LogP contribution in [0.25, 0.3) is 0 Å². The molecule has 0 aliphatic rings. The lowest BCUT2D eigenvalue weighted by Gasteiger charge is -2.16. The van der Waals surface area contributed by atoms with E-state index in [0.29, 0.717) is 6.61 Å². The highest BCUT2D eigenvalue weighted by Gasteiger charge is 2.13. The Hall–Kier alpha value is -0.653. The van der Waals surface area contributed by atoms with Gasteiger partial charge in [0.2, 0.25) is 0 Å². The highest BCUT2D eigenvalue weighted by molar-refractivity contribution is 6.69. The van der Waals surface area contributed by atoms with E-state index in [4.69, 9.17) is 9.53 Å². The smallest absolute Gasteiger partial charge is 0.324 e. The van der Waals surface area contributed by atoms with Gasteiger partial charge in [-0.15, -0.1) is 0 Å². The minimum Gasteiger partial charge on any atom is -0.480 e. The van der Waals surface area contributed by atoms with Gasteiger partial charge in [-0.3, -0.25) is 4.79 Å². The van der Waals surface area contributed by atoms with Crippen molar-refractivity contribution in [3.8, 4) is 0 Å². The highest BCUT2D eigenvalue weighted by atomic mass is 28.4. The van der Waals surface area contributed by atoms with Gasteiger partial charge < -0.3 is 14.8 Å². The average Bonchev–Trinajstić information content (AvgIpc) is 2.29. The van der Waals surface area contributed by atoms with Crippen LogP contribution in [0.5, 0.6) is 0 Å². The van der Waals surface area contributed by atoms with Crippen molar-refractivity contribution in [2.24, 2.45) is 0 Å². The number of nitrogens with one attached hydrogen (secondary N) is 1. The predicted molar refractivity (Wildman–Crippen MR) is 82.0 cm³/mol. The number of carboxylic acid groups (broad SMARTS) is 1. The molecule has 0 aromatic carbocycles. The van der Waals surface area contributed by atoms with Crippen molar-refractivity contribution in [1.29, 1.82) is 0 Å². The summed E-state index contributed by atoms with van der Waals surface area (Å²) in [5.74, 6) is -0.820. The first-order valence-electron chi connectivity index (χ1n) is 7.13. The molecule has 0 saturated heterocycles. The molecule has 4 nitrogen and oxygen atoms in total. The summed E-state index contributed by atoms with van der Waals surface area (Å²) >= 11 is 0. The summed E-state index contributed by atoms with van der Waals surface area (Å²) < 4.78 is 5.70. The molecule has 5 heteroatoms. The summed E-state index contributed by atoms with van der Waals surface area (Å²) in [7, 11) is -1.45. The van der Waals surface area contributed by atoms with Crippen LogP contribution in [0, 0.1) is 0 Å². The predicted octanol–water partition coefficient (Wildman–Crippen LogP) is 3.02. The molecule has 0 amide bonds. The fourth-order valence-electron chi connectivity index (χ4n) is 1.54. The number of carbonyl (C=O) groups is 1. The Labute approximate surface area is 118 Å². The number of unbranched alkanes of at least 4 members (excludes halogenated alkanes) is 2. The van der Waals surface area contributed by atoms with Crippen LogP contribution in [0.15, 0.2) is 12.2 Å². The molecule has 0 aromatic heterocycles. The van der Waals surface area contributed by atoms with Crippen LogP contribution in [-0.2, 0) is 9.22 Å². The summed E-state index contributed by atoms with van der Waals surface area (Å²) in [6.07, 6.45) is 7.68. The highest BCUT2D eigenvalue weighted by Crippen LogP contribution is 2.03. The molecule has 0 radical (unpaired) electrons. The molecule has 0 bridgehead atoms. The van der Waals surface area contributed by atoms with Crippen LogP contribution < -0.4 is 5.32 Å². The van der Waals surface area contributed by atoms with Gasteiger partial charge in [0.05, 0.1) is 0 Å². The summed E-state index contributed by atoms with van der Waals surface area (Å²) in [6.45, 7) is 9.99. The van der Waals surface area contributed by atoms with Crippen molar-refractivity contribution in [3.05, 3.63) is 12.2 Å². The van der Waals surface area contributed by atoms with Crippen molar-refractivity contribution in [1.82, 2.24) is 5.32 Å². The maximum Gasteiger partial charge on any atom is 0.324 e. The van der Waals surface area contributed by atoms with E-state index in [9.17, 15) is 4.79 Å². The van der Waals surface area contributed by atoms with Gasteiger partial charge in [-0.25, -0.2) is 0 Å². The Morgan fingerprint density at radius 1 is 1.37 bits per heavy atom. The van der Waals surface area contributed by atoms with Crippen molar-refractivity contribution in [2.75, 3.05) is 13.2 Å². The van der Waals surface area contributed by atoms with Gasteiger partial charge in [0, 0.05) is 6.61 Å². The summed E-state index contributed by atoms with van der Waals surface area (Å²) in [5.41, 5.74) is 0. The topological polar surface area (TPSA) is 58.6 Å². The van der Waals surface area contributed by atoms with Crippen molar-refractivity contribution < 1.29 is 14.3 Å². The third-order valence-corrected chi connectivity index (χ3v) is 3.63. The minimum absolute atomic E-state index is 0.580. The van der Waals surface area contributed by atoms with Gasteiger partial charge in [0.1, 0.15) is 6.04 Å². The lowest BCUT2D eigenvalue weighted by Crippen LogP contribution is -2.35. The zero-order valence-electron chi connectivity index (χ0n) is 12.7. The standard InChI is InChI=1S/C14H29NO3Si/c1-5-6-8-11-15-13(14(16)17)10-7-9-12-18-19(2,3)4/h7,10,13,15H,5-6,8-9,11-12H2,1-4H3,(H,16,17)/b10-7+. The number of carboxylic acids is 1. The van der Waals surface area contributed by atoms with Gasteiger partial charge in [-0.1, -0.05) is 31.9 Å². The number of rotatable bonds is 11. The molecule has 0 aliphatic carbocycles. The zero-order valence-corrected chi connectivity index (χ0v) is 13.7. The molecule has 1 unspecified atom stereocenters. The van der Waals surface area contributed by atoms with Crippen molar-refractivity contribution >= 4 is 14.3 Å². The summed E-state index contributed by atoms with van der Waals surface area (Å²) in [4.78, 5) is 11.0. The maximum absolute atomic E-state index is 11.0. The Morgan fingerprint density at radius 2 is 2.05 bits per heavy atom. The van der Waals surface area contributed by atoms with E-state index in [0.717, 1.165) is 32.2 Å². The molecule has 0 spiro atoms. The first-order valence-corrected chi connectivity index (χ1v) is 10.5. The Kier molecular flexibility index (Phi) is 9.82. The molecule has 0 heterocycles. The van der Waals surface area contributed by atoms with Crippen LogP contribution in [0.2, 0.25) is 19.6 Å². The van der Waals surface area contributed by atoms with E-state index in [1.807, 2.05) is 6.08 Å². The van der Waals surface area contributed by atoms with Gasteiger partial charge >= 0.3 is 5.97 Å². The fourth-order valence-corrected chi connectivity index (χ4v) is 2.27.